The third-order valence-corrected chi connectivity index (χ3v) is 7.48. The van der Waals surface area contributed by atoms with Crippen LogP contribution in [-0.2, 0) is 10.8 Å². The van der Waals surface area contributed by atoms with Crippen LogP contribution in [0.1, 0.15) is 108 Å². The maximum atomic E-state index is 4.43. The molecule has 1 aromatic carbocycles. The summed E-state index contributed by atoms with van der Waals surface area (Å²) < 4.78 is 0. The van der Waals surface area contributed by atoms with Crippen molar-refractivity contribution in [3.05, 3.63) is 52.6 Å². The van der Waals surface area contributed by atoms with Crippen LogP contribution in [0.25, 0.3) is 5.57 Å². The van der Waals surface area contributed by atoms with E-state index in [9.17, 15) is 0 Å². The molecule has 0 unspecified atom stereocenters. The Labute approximate surface area is 168 Å². The highest BCUT2D eigenvalue weighted by atomic mass is 14.4. The number of fused-ring (bicyclic) bond motifs is 1. The van der Waals surface area contributed by atoms with Crippen molar-refractivity contribution in [2.45, 2.75) is 104 Å². The minimum Gasteiger partial charge on any atom is -0.0993 e. The van der Waals surface area contributed by atoms with Gasteiger partial charge in [0.05, 0.1) is 0 Å². The fourth-order valence-electron chi connectivity index (χ4n) is 5.22. The van der Waals surface area contributed by atoms with Gasteiger partial charge in [0.2, 0.25) is 0 Å². The average molecular weight is 365 g/mol. The summed E-state index contributed by atoms with van der Waals surface area (Å²) in [6.45, 7) is 18.7. The zero-order chi connectivity index (χ0) is 19.8. The molecule has 27 heavy (non-hydrogen) atoms. The first-order chi connectivity index (χ1) is 12.6. The maximum absolute atomic E-state index is 4.43. The van der Waals surface area contributed by atoms with E-state index >= 15 is 0 Å². The van der Waals surface area contributed by atoms with Gasteiger partial charge in [0.1, 0.15) is 0 Å². The van der Waals surface area contributed by atoms with Gasteiger partial charge < -0.3 is 0 Å². The molecule has 1 fully saturated rings. The highest BCUT2D eigenvalue weighted by Crippen LogP contribution is 2.47. The molecule has 0 heterocycles. The largest absolute Gasteiger partial charge is 0.0993 e. The van der Waals surface area contributed by atoms with E-state index in [1.807, 2.05) is 0 Å². The van der Waals surface area contributed by atoms with Crippen molar-refractivity contribution in [3.8, 4) is 0 Å². The van der Waals surface area contributed by atoms with Crippen molar-refractivity contribution >= 4 is 5.57 Å². The van der Waals surface area contributed by atoms with Gasteiger partial charge in [0, 0.05) is 0 Å². The molecule has 0 heteroatoms. The molecule has 1 saturated carbocycles. The van der Waals surface area contributed by atoms with Gasteiger partial charge in [-0.25, -0.2) is 0 Å². The number of hydrogen-bond donors (Lipinski definition) is 0. The topological polar surface area (TPSA) is 0 Å². The summed E-state index contributed by atoms with van der Waals surface area (Å²) in [4.78, 5) is 0. The summed E-state index contributed by atoms with van der Waals surface area (Å²) in [7, 11) is 0. The molecular weight excluding hydrogens is 324 g/mol. The number of hydrogen-bond acceptors (Lipinski definition) is 0. The van der Waals surface area contributed by atoms with Gasteiger partial charge in [-0.15, -0.1) is 0 Å². The Morgan fingerprint density at radius 3 is 2.15 bits per heavy atom. The van der Waals surface area contributed by atoms with E-state index < -0.39 is 0 Å². The van der Waals surface area contributed by atoms with Crippen molar-refractivity contribution < 1.29 is 0 Å². The molecule has 0 bridgehead atoms. The lowest BCUT2D eigenvalue weighted by Crippen LogP contribution is -2.34. The number of allylic oxidation sites excluding steroid dienone is 3. The lowest BCUT2D eigenvalue weighted by molar-refractivity contribution is 0.331. The average Bonchev–Trinajstić information content (AvgIpc) is 2.63. The van der Waals surface area contributed by atoms with E-state index in [-0.39, 0.29) is 5.41 Å². The lowest BCUT2D eigenvalue weighted by Gasteiger charge is -2.42. The van der Waals surface area contributed by atoms with Gasteiger partial charge in [0.15, 0.2) is 0 Å². The monoisotopic (exact) mass is 364 g/mol. The van der Waals surface area contributed by atoms with Gasteiger partial charge >= 0.3 is 0 Å². The highest BCUT2D eigenvalue weighted by molar-refractivity contribution is 5.69. The summed E-state index contributed by atoms with van der Waals surface area (Å²) in [5.41, 5.74) is 9.45. The fraction of sp³-hybridized carbons (Fsp3) is 0.630. The minimum atomic E-state index is 0.277. The van der Waals surface area contributed by atoms with Crippen LogP contribution in [0.4, 0.5) is 0 Å². The normalized spacial score (nSPS) is 22.4. The molecule has 0 N–H and O–H groups in total. The van der Waals surface area contributed by atoms with E-state index in [0.29, 0.717) is 5.41 Å². The second-order valence-corrected chi connectivity index (χ2v) is 10.6. The quantitative estimate of drug-likeness (QED) is 0.471. The van der Waals surface area contributed by atoms with Crippen molar-refractivity contribution in [2.24, 2.45) is 5.92 Å². The predicted octanol–water partition coefficient (Wildman–Crippen LogP) is 8.27. The van der Waals surface area contributed by atoms with Gasteiger partial charge in [-0.05, 0) is 90.5 Å². The molecule has 0 radical (unpaired) electrons. The van der Waals surface area contributed by atoms with E-state index in [1.165, 1.54) is 67.2 Å². The molecule has 2 aliphatic rings. The van der Waals surface area contributed by atoms with Crippen LogP contribution >= 0.6 is 0 Å². The number of rotatable bonds is 4. The molecule has 0 aliphatic heterocycles. The van der Waals surface area contributed by atoms with Crippen LogP contribution in [0.2, 0.25) is 0 Å². The maximum Gasteiger partial charge on any atom is -0.0100 e. The fourth-order valence-corrected chi connectivity index (χ4v) is 5.22. The van der Waals surface area contributed by atoms with Crippen molar-refractivity contribution in [3.63, 3.8) is 0 Å². The summed E-state index contributed by atoms with van der Waals surface area (Å²) in [5.74, 6) is 0.757. The Morgan fingerprint density at radius 1 is 1.00 bits per heavy atom. The standard InChI is InChI=1S/C27H40/c1-19(22-11-9-8-10-12-22)13-14-20(2)23-18-25-24(17-21(23)3)26(4,5)15-16-27(25,6)7/h14,17-18,22H,1,8-13,15-16H2,2-7H3/b20-14+. The number of aryl methyl sites for hydroxylation is 1. The van der Waals surface area contributed by atoms with Crippen molar-refractivity contribution in [1.82, 2.24) is 0 Å². The second kappa shape index (κ2) is 7.61. The summed E-state index contributed by atoms with van der Waals surface area (Å²) in [5, 5.41) is 0. The van der Waals surface area contributed by atoms with E-state index in [0.717, 1.165) is 12.3 Å². The van der Waals surface area contributed by atoms with Crippen molar-refractivity contribution in [2.75, 3.05) is 0 Å². The molecule has 0 aromatic heterocycles. The molecule has 1 aromatic rings. The first kappa shape index (κ1) is 20.4. The molecule has 0 amide bonds. The Morgan fingerprint density at radius 2 is 1.56 bits per heavy atom. The van der Waals surface area contributed by atoms with Crippen LogP contribution in [0.5, 0.6) is 0 Å². The Balaban J connectivity index is 1.87. The second-order valence-electron chi connectivity index (χ2n) is 10.6. The molecule has 2 aliphatic carbocycles. The smallest absolute Gasteiger partial charge is 0.0100 e. The molecule has 148 valence electrons. The summed E-state index contributed by atoms with van der Waals surface area (Å²) in [6.07, 6.45) is 12.9. The molecule has 0 atom stereocenters. The van der Waals surface area contributed by atoms with E-state index in [1.54, 1.807) is 11.1 Å². The van der Waals surface area contributed by atoms with Gasteiger partial charge in [-0.1, -0.05) is 77.3 Å². The first-order valence-corrected chi connectivity index (χ1v) is 11.1. The zero-order valence-electron chi connectivity index (χ0n) is 18.7. The predicted molar refractivity (Wildman–Crippen MR) is 120 cm³/mol. The van der Waals surface area contributed by atoms with Crippen LogP contribution in [0.15, 0.2) is 30.4 Å². The Bertz CT molecular complexity index is 736. The Hall–Kier alpha value is -1.30. The van der Waals surface area contributed by atoms with Gasteiger partial charge in [0.25, 0.3) is 0 Å². The summed E-state index contributed by atoms with van der Waals surface area (Å²) >= 11 is 0. The van der Waals surface area contributed by atoms with Gasteiger partial charge in [-0.2, -0.15) is 0 Å². The molecule has 0 saturated heterocycles. The zero-order valence-corrected chi connectivity index (χ0v) is 18.7. The first-order valence-electron chi connectivity index (χ1n) is 11.1. The van der Waals surface area contributed by atoms with E-state index in [4.69, 9.17) is 0 Å². The number of benzene rings is 1. The van der Waals surface area contributed by atoms with Crippen LogP contribution in [-0.4, -0.2) is 0 Å². The minimum absolute atomic E-state index is 0.277. The van der Waals surface area contributed by atoms with Crippen LogP contribution in [0.3, 0.4) is 0 Å². The molecule has 3 rings (SSSR count). The van der Waals surface area contributed by atoms with E-state index in [2.05, 4.69) is 66.3 Å². The molecule has 0 spiro atoms. The van der Waals surface area contributed by atoms with Crippen molar-refractivity contribution in [1.29, 1.82) is 0 Å². The summed E-state index contributed by atoms with van der Waals surface area (Å²) in [6, 6.07) is 5.00. The van der Waals surface area contributed by atoms with Crippen LogP contribution in [0, 0.1) is 12.8 Å². The lowest BCUT2D eigenvalue weighted by atomic mass is 9.62. The Kier molecular flexibility index (Phi) is 5.76. The van der Waals surface area contributed by atoms with Crippen LogP contribution < -0.4 is 0 Å². The highest BCUT2D eigenvalue weighted by Gasteiger charge is 2.37. The molecular formula is C27H40. The molecule has 0 nitrogen and oxygen atoms in total. The van der Waals surface area contributed by atoms with Gasteiger partial charge in [-0.3, -0.25) is 0 Å². The third kappa shape index (κ3) is 4.25. The SMILES string of the molecule is C=C(C/C=C(\C)c1cc2c(cc1C)C(C)(C)CCC2(C)C)C1CCCCC1. The third-order valence-electron chi connectivity index (χ3n) is 7.48.